The van der Waals surface area contributed by atoms with E-state index in [4.69, 9.17) is 9.47 Å². The van der Waals surface area contributed by atoms with Crippen molar-refractivity contribution in [3.05, 3.63) is 67.1 Å². The monoisotopic (exact) mass is 343 g/mol. The molecule has 0 aliphatic rings. The van der Waals surface area contributed by atoms with E-state index in [1.165, 1.54) is 0 Å². The van der Waals surface area contributed by atoms with Crippen molar-refractivity contribution in [3.63, 3.8) is 0 Å². The summed E-state index contributed by atoms with van der Waals surface area (Å²) in [5.41, 5.74) is 4.87. The first-order chi connectivity index (χ1) is 12.8. The van der Waals surface area contributed by atoms with Crippen molar-refractivity contribution in [2.24, 2.45) is 0 Å². The molecule has 5 heteroatoms. The van der Waals surface area contributed by atoms with Gasteiger partial charge in [-0.2, -0.15) is 0 Å². The van der Waals surface area contributed by atoms with Crippen LogP contribution >= 0.6 is 0 Å². The van der Waals surface area contributed by atoms with E-state index in [9.17, 15) is 0 Å². The molecule has 0 N–H and O–H groups in total. The van der Waals surface area contributed by atoms with Crippen LogP contribution in [-0.2, 0) is 0 Å². The second-order valence-corrected chi connectivity index (χ2v) is 5.77. The van der Waals surface area contributed by atoms with E-state index < -0.39 is 0 Å². The van der Waals surface area contributed by atoms with E-state index in [-0.39, 0.29) is 0 Å². The summed E-state index contributed by atoms with van der Waals surface area (Å²) in [5.74, 6) is 1.41. The molecule has 0 fully saturated rings. The Bertz CT molecular complexity index is 1040. The normalized spacial score (nSPS) is 10.7. The van der Waals surface area contributed by atoms with Gasteiger partial charge in [-0.3, -0.25) is 0 Å². The minimum Gasteiger partial charge on any atom is -0.497 e. The third kappa shape index (κ3) is 2.95. The molecule has 0 radical (unpaired) electrons. The molecule has 26 heavy (non-hydrogen) atoms. The van der Waals surface area contributed by atoms with Gasteiger partial charge < -0.3 is 9.47 Å². The predicted octanol–water partition coefficient (Wildman–Crippen LogP) is 4.38. The van der Waals surface area contributed by atoms with Crippen molar-refractivity contribution in [1.29, 1.82) is 0 Å². The lowest BCUT2D eigenvalue weighted by Crippen LogP contribution is -1.91. The smallest absolute Gasteiger partial charge is 0.212 e. The van der Waals surface area contributed by atoms with E-state index in [2.05, 4.69) is 21.0 Å². The zero-order valence-corrected chi connectivity index (χ0v) is 14.5. The van der Waals surface area contributed by atoms with Gasteiger partial charge in [0.15, 0.2) is 0 Å². The van der Waals surface area contributed by atoms with Gasteiger partial charge in [0, 0.05) is 28.8 Å². The lowest BCUT2D eigenvalue weighted by atomic mass is 10.0. The predicted molar refractivity (Wildman–Crippen MR) is 101 cm³/mol. The van der Waals surface area contributed by atoms with E-state index in [0.29, 0.717) is 5.88 Å². The summed E-state index contributed by atoms with van der Waals surface area (Å²) in [5, 5.41) is 0.992. The summed E-state index contributed by atoms with van der Waals surface area (Å²) in [7, 11) is 3.26. The topological polar surface area (TPSA) is 57.1 Å². The van der Waals surface area contributed by atoms with Crippen LogP contribution in [-0.4, -0.2) is 29.2 Å². The highest BCUT2D eigenvalue weighted by Crippen LogP contribution is 2.30. The molecular weight excluding hydrogens is 326 g/mol. The summed E-state index contributed by atoms with van der Waals surface area (Å²) in [6.45, 7) is 0. The summed E-state index contributed by atoms with van der Waals surface area (Å²) >= 11 is 0. The summed E-state index contributed by atoms with van der Waals surface area (Å²) in [6.07, 6.45) is 3.40. The molecule has 2 aromatic carbocycles. The Morgan fingerprint density at radius 2 is 1.46 bits per heavy atom. The average molecular weight is 343 g/mol. The van der Waals surface area contributed by atoms with Crippen molar-refractivity contribution >= 4 is 10.9 Å². The highest BCUT2D eigenvalue weighted by Gasteiger charge is 2.09. The van der Waals surface area contributed by atoms with Crippen LogP contribution in [0.3, 0.4) is 0 Å². The molecular formula is C21H17N3O2. The first-order valence-corrected chi connectivity index (χ1v) is 8.18. The minimum absolute atomic E-state index is 0.594. The van der Waals surface area contributed by atoms with Crippen molar-refractivity contribution in [2.45, 2.75) is 0 Å². The summed E-state index contributed by atoms with van der Waals surface area (Å²) < 4.78 is 10.4. The number of ether oxygens (including phenoxy) is 2. The van der Waals surface area contributed by atoms with Crippen molar-refractivity contribution in [2.75, 3.05) is 14.2 Å². The molecule has 0 aliphatic heterocycles. The van der Waals surface area contributed by atoms with Crippen LogP contribution in [0, 0.1) is 0 Å². The van der Waals surface area contributed by atoms with Gasteiger partial charge in [0.05, 0.1) is 25.4 Å². The number of rotatable bonds is 4. The number of hydrogen-bond acceptors (Lipinski definition) is 5. The molecule has 128 valence electrons. The van der Waals surface area contributed by atoms with Crippen LogP contribution in [0.4, 0.5) is 0 Å². The van der Waals surface area contributed by atoms with Gasteiger partial charge in [-0.05, 0) is 48.0 Å². The van der Waals surface area contributed by atoms with Crippen LogP contribution in [0.5, 0.6) is 11.6 Å². The van der Waals surface area contributed by atoms with Gasteiger partial charge in [-0.1, -0.05) is 6.07 Å². The van der Waals surface area contributed by atoms with E-state index in [1.54, 1.807) is 26.7 Å². The van der Waals surface area contributed by atoms with Gasteiger partial charge in [0.2, 0.25) is 5.88 Å². The molecule has 0 aliphatic carbocycles. The van der Waals surface area contributed by atoms with E-state index >= 15 is 0 Å². The Morgan fingerprint density at radius 1 is 0.692 bits per heavy atom. The number of benzene rings is 2. The van der Waals surface area contributed by atoms with E-state index in [0.717, 1.165) is 39.0 Å². The molecule has 0 bridgehead atoms. The molecule has 0 saturated heterocycles. The van der Waals surface area contributed by atoms with Gasteiger partial charge in [-0.15, -0.1) is 0 Å². The average Bonchev–Trinajstić information content (AvgIpc) is 2.73. The maximum Gasteiger partial charge on any atom is 0.212 e. The molecule has 0 atom stereocenters. The quantitative estimate of drug-likeness (QED) is 0.550. The molecule has 0 amide bonds. The number of fused-ring (bicyclic) bond motifs is 1. The standard InChI is InChI=1S/C21H17N3O2/c1-25-17-7-3-14(4-8-17)21-18-11-15(5-9-19(18)23-13-24-21)16-6-10-20(26-2)22-12-16/h3-13H,1-2H3. The molecule has 2 aromatic heterocycles. The fourth-order valence-corrected chi connectivity index (χ4v) is 2.89. The van der Waals surface area contributed by atoms with Crippen LogP contribution in [0.15, 0.2) is 67.1 Å². The summed E-state index contributed by atoms with van der Waals surface area (Å²) in [4.78, 5) is 13.2. The van der Waals surface area contributed by atoms with Gasteiger partial charge in [0.25, 0.3) is 0 Å². The third-order valence-corrected chi connectivity index (χ3v) is 4.28. The van der Waals surface area contributed by atoms with Gasteiger partial charge in [-0.25, -0.2) is 15.0 Å². The first-order valence-electron chi connectivity index (χ1n) is 8.18. The summed E-state index contributed by atoms with van der Waals surface area (Å²) in [6, 6.07) is 17.8. The molecule has 4 rings (SSSR count). The maximum atomic E-state index is 5.24. The Kier molecular flexibility index (Phi) is 4.19. The fraction of sp³-hybridized carbons (Fsp3) is 0.0952. The number of methoxy groups -OCH3 is 2. The molecule has 4 aromatic rings. The Labute approximate surface area is 151 Å². The van der Waals surface area contributed by atoms with Crippen LogP contribution < -0.4 is 9.47 Å². The second kappa shape index (κ2) is 6.80. The van der Waals surface area contributed by atoms with Crippen molar-refractivity contribution in [3.8, 4) is 34.0 Å². The zero-order valence-electron chi connectivity index (χ0n) is 14.5. The Morgan fingerprint density at radius 3 is 2.15 bits per heavy atom. The number of hydrogen-bond donors (Lipinski definition) is 0. The molecule has 5 nitrogen and oxygen atoms in total. The highest BCUT2D eigenvalue weighted by molar-refractivity contribution is 5.94. The molecule has 0 unspecified atom stereocenters. The largest absolute Gasteiger partial charge is 0.497 e. The molecule has 0 spiro atoms. The highest BCUT2D eigenvalue weighted by atomic mass is 16.5. The van der Waals surface area contributed by atoms with Crippen LogP contribution in [0.25, 0.3) is 33.3 Å². The molecule has 0 saturated carbocycles. The SMILES string of the molecule is COc1ccc(-c2ncnc3ccc(-c4ccc(OC)nc4)cc23)cc1. The van der Waals surface area contributed by atoms with E-state index in [1.807, 2.05) is 48.5 Å². The van der Waals surface area contributed by atoms with Crippen molar-refractivity contribution in [1.82, 2.24) is 15.0 Å². The Hall–Kier alpha value is -3.47. The van der Waals surface area contributed by atoms with Crippen LogP contribution in [0.2, 0.25) is 0 Å². The van der Waals surface area contributed by atoms with Gasteiger partial charge in [0.1, 0.15) is 12.1 Å². The lowest BCUT2D eigenvalue weighted by molar-refractivity contribution is 0.398. The number of nitrogens with zero attached hydrogens (tertiary/aromatic N) is 3. The third-order valence-electron chi connectivity index (χ3n) is 4.28. The first kappa shape index (κ1) is 16.0. The van der Waals surface area contributed by atoms with Gasteiger partial charge >= 0.3 is 0 Å². The zero-order chi connectivity index (χ0) is 17.9. The Balaban J connectivity index is 1.83. The maximum absolute atomic E-state index is 5.24. The van der Waals surface area contributed by atoms with Crippen LogP contribution in [0.1, 0.15) is 0 Å². The lowest BCUT2D eigenvalue weighted by Gasteiger charge is -2.09. The minimum atomic E-state index is 0.594. The molecule has 2 heterocycles. The fourth-order valence-electron chi connectivity index (χ4n) is 2.89. The van der Waals surface area contributed by atoms with Crippen molar-refractivity contribution < 1.29 is 9.47 Å². The number of pyridine rings is 1. The second-order valence-electron chi connectivity index (χ2n) is 5.77. The number of aromatic nitrogens is 3.